The van der Waals surface area contributed by atoms with Gasteiger partial charge in [0.05, 0.1) is 10.5 Å². The summed E-state index contributed by atoms with van der Waals surface area (Å²) in [6, 6.07) is 2.59. The number of halogens is 3. The van der Waals surface area contributed by atoms with Gasteiger partial charge in [0.15, 0.2) is 0 Å². The molecule has 1 aromatic rings. The van der Waals surface area contributed by atoms with Crippen LogP contribution in [0.1, 0.15) is 58.9 Å². The molecule has 2 fully saturated rings. The van der Waals surface area contributed by atoms with Crippen molar-refractivity contribution in [2.75, 3.05) is 27.2 Å². The zero-order valence-corrected chi connectivity index (χ0v) is 23.6. The van der Waals surface area contributed by atoms with Crippen molar-refractivity contribution >= 4 is 22.0 Å². The molecule has 1 aliphatic carbocycles. The van der Waals surface area contributed by atoms with Crippen molar-refractivity contribution in [3.8, 4) is 0 Å². The van der Waals surface area contributed by atoms with Gasteiger partial charge in [-0.05, 0) is 76.1 Å². The van der Waals surface area contributed by atoms with Gasteiger partial charge >= 0.3 is 12.3 Å². The highest BCUT2D eigenvalue weighted by Gasteiger charge is 2.49. The van der Waals surface area contributed by atoms with Crippen LogP contribution in [0.3, 0.4) is 0 Å². The van der Waals surface area contributed by atoms with E-state index >= 15 is 0 Å². The number of sulfonamides is 1. The van der Waals surface area contributed by atoms with E-state index in [1.807, 2.05) is 6.92 Å². The molecule has 214 valence electrons. The molecule has 0 aromatic heterocycles. The van der Waals surface area contributed by atoms with Crippen molar-refractivity contribution in [2.24, 2.45) is 11.8 Å². The van der Waals surface area contributed by atoms with Gasteiger partial charge in [-0.25, -0.2) is 13.2 Å². The molecule has 1 saturated carbocycles. The first kappa shape index (κ1) is 30.2. The van der Waals surface area contributed by atoms with Gasteiger partial charge in [0.25, 0.3) is 0 Å². The number of alkyl halides is 3. The molecule has 12 heteroatoms. The minimum absolute atomic E-state index is 0.0349. The van der Waals surface area contributed by atoms with Crippen molar-refractivity contribution < 1.29 is 35.9 Å². The number of benzene rings is 1. The summed E-state index contributed by atoms with van der Waals surface area (Å²) in [6.45, 7) is 7.62. The van der Waals surface area contributed by atoms with E-state index in [4.69, 9.17) is 4.74 Å². The van der Waals surface area contributed by atoms with Crippen LogP contribution in [-0.4, -0.2) is 79.4 Å². The van der Waals surface area contributed by atoms with Crippen LogP contribution in [0, 0.1) is 11.8 Å². The topological polar surface area (TPSA) is 87.2 Å². The molecule has 4 atom stereocenters. The van der Waals surface area contributed by atoms with Crippen molar-refractivity contribution in [3.63, 3.8) is 0 Å². The van der Waals surface area contributed by atoms with Gasteiger partial charge in [0.2, 0.25) is 15.9 Å². The number of hydrogen-bond donors (Lipinski definition) is 0. The Balaban J connectivity index is 1.74. The van der Waals surface area contributed by atoms with Crippen molar-refractivity contribution in [1.82, 2.24) is 14.1 Å². The highest BCUT2D eigenvalue weighted by atomic mass is 32.2. The SMILES string of the molecule is CCC[C@@H](C(=O)N(C)[C@H]1CC[C@@H]2CN(S(=O)(=O)c3ccc(C(F)(F)F)cc3)C[C@@H]21)N(C)C(=O)OC(C)(C)C. The molecule has 3 rings (SSSR count). The molecular formula is C26H38F3N3O5S. The first-order chi connectivity index (χ1) is 17.5. The van der Waals surface area contributed by atoms with E-state index in [2.05, 4.69) is 0 Å². The molecule has 1 aromatic carbocycles. The number of ether oxygens (including phenoxy) is 1. The Kier molecular flexibility index (Phi) is 8.77. The number of rotatable bonds is 7. The maximum absolute atomic E-state index is 13.6. The molecule has 1 aliphatic heterocycles. The third-order valence-corrected chi connectivity index (χ3v) is 9.29. The molecule has 38 heavy (non-hydrogen) atoms. The average Bonchev–Trinajstić information content (AvgIpc) is 3.41. The Morgan fingerprint density at radius 2 is 1.68 bits per heavy atom. The third-order valence-electron chi connectivity index (χ3n) is 7.45. The van der Waals surface area contributed by atoms with Gasteiger partial charge in [-0.1, -0.05) is 13.3 Å². The normalized spacial score (nSPS) is 23.1. The molecule has 0 N–H and O–H groups in total. The number of hydrogen-bond acceptors (Lipinski definition) is 5. The highest BCUT2D eigenvalue weighted by Crippen LogP contribution is 2.42. The number of carbonyl (C=O) groups is 2. The Labute approximate surface area is 223 Å². The maximum atomic E-state index is 13.6. The van der Waals surface area contributed by atoms with E-state index in [0.29, 0.717) is 19.3 Å². The lowest BCUT2D eigenvalue weighted by Gasteiger charge is -2.36. The van der Waals surface area contributed by atoms with Crippen LogP contribution in [-0.2, 0) is 25.7 Å². The van der Waals surface area contributed by atoms with Crippen molar-refractivity contribution in [2.45, 2.75) is 82.1 Å². The number of likely N-dealkylation sites (N-methyl/N-ethyl adjacent to an activating group) is 2. The second-order valence-electron chi connectivity index (χ2n) is 11.3. The first-order valence-electron chi connectivity index (χ1n) is 12.9. The fourth-order valence-corrected chi connectivity index (χ4v) is 6.99. The number of carbonyl (C=O) groups excluding carboxylic acids is 2. The van der Waals surface area contributed by atoms with E-state index in [9.17, 15) is 31.2 Å². The van der Waals surface area contributed by atoms with E-state index in [-0.39, 0.29) is 41.8 Å². The van der Waals surface area contributed by atoms with E-state index < -0.39 is 39.5 Å². The summed E-state index contributed by atoms with van der Waals surface area (Å²) in [4.78, 5) is 29.0. The molecule has 8 nitrogen and oxygen atoms in total. The monoisotopic (exact) mass is 561 g/mol. The summed E-state index contributed by atoms with van der Waals surface area (Å²) in [7, 11) is -0.751. The fraction of sp³-hybridized carbons (Fsp3) is 0.692. The van der Waals surface area contributed by atoms with Crippen molar-refractivity contribution in [1.29, 1.82) is 0 Å². The quantitative estimate of drug-likeness (QED) is 0.486. The van der Waals surface area contributed by atoms with Gasteiger partial charge in [-0.3, -0.25) is 9.69 Å². The van der Waals surface area contributed by atoms with Gasteiger partial charge in [0.1, 0.15) is 11.6 Å². The molecule has 2 aliphatic rings. The lowest BCUT2D eigenvalue weighted by atomic mass is 9.96. The Bertz CT molecular complexity index is 1120. The summed E-state index contributed by atoms with van der Waals surface area (Å²) >= 11 is 0. The first-order valence-corrected chi connectivity index (χ1v) is 14.3. The van der Waals surface area contributed by atoms with Crippen LogP contribution in [0.4, 0.5) is 18.0 Å². The van der Waals surface area contributed by atoms with Crippen LogP contribution in [0.15, 0.2) is 29.2 Å². The zero-order chi connectivity index (χ0) is 28.6. The maximum Gasteiger partial charge on any atom is 0.416 e. The lowest BCUT2D eigenvalue weighted by molar-refractivity contribution is -0.138. The van der Waals surface area contributed by atoms with Crippen LogP contribution in [0.25, 0.3) is 0 Å². The molecule has 1 saturated heterocycles. The molecule has 2 amide bonds. The van der Waals surface area contributed by atoms with Crippen LogP contribution < -0.4 is 0 Å². The van der Waals surface area contributed by atoms with E-state index in [1.54, 1.807) is 39.8 Å². The van der Waals surface area contributed by atoms with E-state index in [0.717, 1.165) is 30.7 Å². The summed E-state index contributed by atoms with van der Waals surface area (Å²) in [5, 5.41) is 0. The number of amides is 2. The predicted molar refractivity (Wildman–Crippen MR) is 136 cm³/mol. The van der Waals surface area contributed by atoms with E-state index in [1.165, 1.54) is 9.21 Å². The Hall–Kier alpha value is -2.34. The summed E-state index contributed by atoms with van der Waals surface area (Å²) in [5.41, 5.74) is -1.62. The number of nitrogens with zero attached hydrogens (tertiary/aromatic N) is 3. The number of fused-ring (bicyclic) bond motifs is 1. The summed E-state index contributed by atoms with van der Waals surface area (Å²) in [5.74, 6) is -0.301. The minimum Gasteiger partial charge on any atom is -0.444 e. The molecular weight excluding hydrogens is 523 g/mol. The van der Waals surface area contributed by atoms with Crippen LogP contribution in [0.5, 0.6) is 0 Å². The predicted octanol–water partition coefficient (Wildman–Crippen LogP) is 4.60. The molecule has 0 bridgehead atoms. The van der Waals surface area contributed by atoms with Crippen LogP contribution >= 0.6 is 0 Å². The molecule has 1 heterocycles. The smallest absolute Gasteiger partial charge is 0.416 e. The highest BCUT2D eigenvalue weighted by molar-refractivity contribution is 7.89. The largest absolute Gasteiger partial charge is 0.444 e. The fourth-order valence-electron chi connectivity index (χ4n) is 5.45. The minimum atomic E-state index is -4.55. The summed E-state index contributed by atoms with van der Waals surface area (Å²) in [6.07, 6.45) is -2.57. The lowest BCUT2D eigenvalue weighted by Crippen LogP contribution is -2.53. The zero-order valence-electron chi connectivity index (χ0n) is 22.8. The second-order valence-corrected chi connectivity index (χ2v) is 13.2. The van der Waals surface area contributed by atoms with Gasteiger partial charge in [0, 0.05) is 33.2 Å². The van der Waals surface area contributed by atoms with Crippen LogP contribution in [0.2, 0.25) is 0 Å². The van der Waals surface area contributed by atoms with Gasteiger partial charge in [-0.15, -0.1) is 0 Å². The average molecular weight is 562 g/mol. The van der Waals surface area contributed by atoms with Gasteiger partial charge in [-0.2, -0.15) is 17.5 Å². The molecule has 0 unspecified atom stereocenters. The molecule has 0 spiro atoms. The Morgan fingerprint density at radius 3 is 2.21 bits per heavy atom. The second kappa shape index (κ2) is 11.0. The molecule has 0 radical (unpaired) electrons. The van der Waals surface area contributed by atoms with Crippen molar-refractivity contribution in [3.05, 3.63) is 29.8 Å². The summed E-state index contributed by atoms with van der Waals surface area (Å²) < 4.78 is 71.9. The third kappa shape index (κ3) is 6.44. The standard InChI is InChI=1S/C26H38F3N3O5S/c1-7-8-22(31(6)24(34)37-25(2,3)4)23(33)30(5)21-14-9-17-15-32(16-20(17)21)38(35,36)19-12-10-18(11-13-19)26(27,28)29/h10-13,17,20-22H,7-9,14-16H2,1-6H3/t17-,20+,21+,22+/m1/s1. The Morgan fingerprint density at radius 1 is 1.08 bits per heavy atom. The van der Waals surface area contributed by atoms with Gasteiger partial charge < -0.3 is 9.64 Å².